The number of nitrogens with two attached hydrogens (primary N) is 1. The summed E-state index contributed by atoms with van der Waals surface area (Å²) in [5, 5.41) is 0. The summed E-state index contributed by atoms with van der Waals surface area (Å²) in [5.41, 5.74) is 5.76. The van der Waals surface area contributed by atoms with E-state index < -0.39 is 0 Å². The van der Waals surface area contributed by atoms with Gasteiger partial charge < -0.3 is 10.5 Å². The average Bonchev–Trinajstić information content (AvgIpc) is 1.89. The minimum absolute atomic E-state index is 0.295. The maximum absolute atomic E-state index is 5.46. The Hall–Kier alpha value is -0.0800. The molecule has 0 aromatic carbocycles. The summed E-state index contributed by atoms with van der Waals surface area (Å²) in [6, 6.07) is 0. The van der Waals surface area contributed by atoms with Crippen LogP contribution < -0.4 is 5.73 Å². The van der Waals surface area contributed by atoms with Gasteiger partial charge in [0.1, 0.15) is 0 Å². The van der Waals surface area contributed by atoms with Gasteiger partial charge in [0.15, 0.2) is 0 Å². The van der Waals surface area contributed by atoms with Gasteiger partial charge in [0.2, 0.25) is 0 Å². The SMILES string of the molecule is CCC(C)(CCN)COC. The van der Waals surface area contributed by atoms with Crippen LogP contribution in [0.3, 0.4) is 0 Å². The van der Waals surface area contributed by atoms with Crippen LogP contribution in [0.15, 0.2) is 0 Å². The van der Waals surface area contributed by atoms with Crippen molar-refractivity contribution in [2.24, 2.45) is 11.1 Å². The Bertz CT molecular complexity index is 77.3. The number of hydrogen-bond donors (Lipinski definition) is 1. The van der Waals surface area contributed by atoms with Gasteiger partial charge in [-0.1, -0.05) is 13.8 Å². The molecule has 0 radical (unpaired) electrons. The maximum atomic E-state index is 5.46. The van der Waals surface area contributed by atoms with Crippen LogP contribution in [-0.4, -0.2) is 20.3 Å². The van der Waals surface area contributed by atoms with Crippen LogP contribution in [0.25, 0.3) is 0 Å². The van der Waals surface area contributed by atoms with Gasteiger partial charge in [0, 0.05) is 7.11 Å². The van der Waals surface area contributed by atoms with Crippen LogP contribution in [0, 0.1) is 5.41 Å². The molecule has 0 aliphatic heterocycles. The van der Waals surface area contributed by atoms with E-state index in [2.05, 4.69) is 13.8 Å². The molecular formula is C8H19NO. The van der Waals surface area contributed by atoms with Crippen LogP contribution >= 0.6 is 0 Å². The molecule has 10 heavy (non-hydrogen) atoms. The highest BCUT2D eigenvalue weighted by Crippen LogP contribution is 2.24. The third kappa shape index (κ3) is 3.18. The lowest BCUT2D eigenvalue weighted by molar-refractivity contribution is 0.0841. The molecule has 0 aromatic rings. The van der Waals surface area contributed by atoms with Crippen molar-refractivity contribution in [3.05, 3.63) is 0 Å². The lowest BCUT2D eigenvalue weighted by atomic mass is 9.85. The zero-order valence-electron chi connectivity index (χ0n) is 7.31. The van der Waals surface area contributed by atoms with Gasteiger partial charge in [0.05, 0.1) is 6.61 Å². The van der Waals surface area contributed by atoms with E-state index in [0.29, 0.717) is 5.41 Å². The Morgan fingerprint density at radius 3 is 2.40 bits per heavy atom. The molecule has 62 valence electrons. The molecular weight excluding hydrogens is 126 g/mol. The zero-order chi connectivity index (χ0) is 8.04. The monoisotopic (exact) mass is 145 g/mol. The van der Waals surface area contributed by atoms with Crippen molar-refractivity contribution in [3.8, 4) is 0 Å². The molecule has 0 saturated carbocycles. The quantitative estimate of drug-likeness (QED) is 0.634. The van der Waals surface area contributed by atoms with E-state index in [-0.39, 0.29) is 0 Å². The Morgan fingerprint density at radius 2 is 2.10 bits per heavy atom. The second-order valence-electron chi connectivity index (χ2n) is 3.14. The van der Waals surface area contributed by atoms with E-state index in [0.717, 1.165) is 26.0 Å². The van der Waals surface area contributed by atoms with E-state index in [1.165, 1.54) is 0 Å². The highest BCUT2D eigenvalue weighted by Gasteiger charge is 2.20. The van der Waals surface area contributed by atoms with Gasteiger partial charge >= 0.3 is 0 Å². The van der Waals surface area contributed by atoms with E-state index >= 15 is 0 Å². The van der Waals surface area contributed by atoms with Gasteiger partial charge in [-0.05, 0) is 24.8 Å². The number of methoxy groups -OCH3 is 1. The molecule has 2 nitrogen and oxygen atoms in total. The minimum atomic E-state index is 0.295. The summed E-state index contributed by atoms with van der Waals surface area (Å²) < 4.78 is 5.09. The minimum Gasteiger partial charge on any atom is -0.384 e. The molecule has 1 unspecified atom stereocenters. The van der Waals surface area contributed by atoms with Crippen molar-refractivity contribution in [1.29, 1.82) is 0 Å². The molecule has 0 amide bonds. The molecule has 0 aliphatic rings. The highest BCUT2D eigenvalue weighted by molar-refractivity contribution is 4.71. The molecule has 0 aliphatic carbocycles. The summed E-state index contributed by atoms with van der Waals surface area (Å²) in [6.45, 7) is 5.96. The molecule has 0 rings (SSSR count). The van der Waals surface area contributed by atoms with Crippen LogP contribution in [-0.2, 0) is 4.74 Å². The molecule has 0 saturated heterocycles. The van der Waals surface area contributed by atoms with E-state index in [9.17, 15) is 0 Å². The summed E-state index contributed by atoms with van der Waals surface area (Å²) >= 11 is 0. The first-order valence-corrected chi connectivity index (χ1v) is 3.87. The van der Waals surface area contributed by atoms with Crippen molar-refractivity contribution in [1.82, 2.24) is 0 Å². The predicted molar refractivity (Wildman–Crippen MR) is 43.9 cm³/mol. The summed E-state index contributed by atoms with van der Waals surface area (Å²) in [7, 11) is 1.74. The van der Waals surface area contributed by atoms with Crippen molar-refractivity contribution < 1.29 is 4.74 Å². The number of hydrogen-bond acceptors (Lipinski definition) is 2. The van der Waals surface area contributed by atoms with E-state index in [1.54, 1.807) is 7.11 Å². The first kappa shape index (κ1) is 9.92. The Labute approximate surface area is 63.7 Å². The Kier molecular flexibility index (Phi) is 4.65. The fourth-order valence-electron chi connectivity index (χ4n) is 1.05. The zero-order valence-corrected chi connectivity index (χ0v) is 7.31. The third-order valence-electron chi connectivity index (χ3n) is 2.09. The van der Waals surface area contributed by atoms with Gasteiger partial charge in [-0.3, -0.25) is 0 Å². The standard InChI is InChI=1S/C8H19NO/c1-4-8(2,5-6-9)7-10-3/h4-7,9H2,1-3H3. The molecule has 2 heteroatoms. The maximum Gasteiger partial charge on any atom is 0.0516 e. The molecule has 0 spiro atoms. The van der Waals surface area contributed by atoms with Gasteiger partial charge in [-0.15, -0.1) is 0 Å². The van der Waals surface area contributed by atoms with Crippen molar-refractivity contribution in [2.45, 2.75) is 26.7 Å². The molecule has 1 atom stereocenters. The predicted octanol–water partition coefficient (Wildman–Crippen LogP) is 1.40. The van der Waals surface area contributed by atoms with Crippen LogP contribution in [0.5, 0.6) is 0 Å². The van der Waals surface area contributed by atoms with Gasteiger partial charge in [-0.25, -0.2) is 0 Å². The van der Waals surface area contributed by atoms with Crippen LogP contribution in [0.1, 0.15) is 26.7 Å². The topological polar surface area (TPSA) is 35.2 Å². The molecule has 0 bridgehead atoms. The fraction of sp³-hybridized carbons (Fsp3) is 1.00. The van der Waals surface area contributed by atoms with Gasteiger partial charge in [-0.2, -0.15) is 0 Å². The normalized spacial score (nSPS) is 16.8. The van der Waals surface area contributed by atoms with Crippen molar-refractivity contribution in [2.75, 3.05) is 20.3 Å². The van der Waals surface area contributed by atoms with Crippen molar-refractivity contribution in [3.63, 3.8) is 0 Å². The second-order valence-corrected chi connectivity index (χ2v) is 3.14. The van der Waals surface area contributed by atoms with Crippen LogP contribution in [0.2, 0.25) is 0 Å². The van der Waals surface area contributed by atoms with Gasteiger partial charge in [0.25, 0.3) is 0 Å². The largest absolute Gasteiger partial charge is 0.384 e. The summed E-state index contributed by atoms with van der Waals surface area (Å²) in [4.78, 5) is 0. The summed E-state index contributed by atoms with van der Waals surface area (Å²) in [6.07, 6.45) is 2.19. The summed E-state index contributed by atoms with van der Waals surface area (Å²) in [5.74, 6) is 0. The lowest BCUT2D eigenvalue weighted by Gasteiger charge is -2.26. The van der Waals surface area contributed by atoms with Crippen molar-refractivity contribution >= 4 is 0 Å². The smallest absolute Gasteiger partial charge is 0.0516 e. The average molecular weight is 145 g/mol. The first-order valence-electron chi connectivity index (χ1n) is 3.87. The van der Waals surface area contributed by atoms with E-state index in [1.807, 2.05) is 0 Å². The second kappa shape index (κ2) is 4.69. The fourth-order valence-corrected chi connectivity index (χ4v) is 1.05. The Morgan fingerprint density at radius 1 is 1.50 bits per heavy atom. The van der Waals surface area contributed by atoms with E-state index in [4.69, 9.17) is 10.5 Å². The number of ether oxygens (including phenoxy) is 1. The number of rotatable bonds is 5. The molecule has 0 heterocycles. The molecule has 0 fully saturated rings. The molecule has 2 N–H and O–H groups in total. The van der Waals surface area contributed by atoms with Crippen LogP contribution in [0.4, 0.5) is 0 Å². The molecule has 0 aromatic heterocycles. The lowest BCUT2D eigenvalue weighted by Crippen LogP contribution is -2.25. The third-order valence-corrected chi connectivity index (χ3v) is 2.09. The Balaban J connectivity index is 3.69. The highest BCUT2D eigenvalue weighted by atomic mass is 16.5. The first-order chi connectivity index (χ1) is 4.68.